The Labute approximate surface area is 129 Å². The molecular weight excluding hydrogens is 308 g/mol. The van der Waals surface area contributed by atoms with E-state index in [1.54, 1.807) is 11.0 Å². The van der Waals surface area contributed by atoms with Crippen LogP contribution in [0.1, 0.15) is 25.8 Å². The molecule has 1 amide bonds. The second-order valence-electron chi connectivity index (χ2n) is 5.25. The zero-order chi connectivity index (χ0) is 16.5. The molecule has 1 aromatic carbocycles. The summed E-state index contributed by atoms with van der Waals surface area (Å²) in [6.07, 6.45) is 1.60. The minimum Gasteiger partial charge on any atom is -0.480 e. The van der Waals surface area contributed by atoms with Crippen molar-refractivity contribution in [3.8, 4) is 0 Å². The van der Waals surface area contributed by atoms with Crippen LogP contribution in [-0.4, -0.2) is 38.0 Å². The molecule has 0 spiro atoms. The molecule has 0 aliphatic carbocycles. The summed E-state index contributed by atoms with van der Waals surface area (Å²) < 4.78 is 26.6. The van der Waals surface area contributed by atoms with Gasteiger partial charge in [0.15, 0.2) is 0 Å². The largest absolute Gasteiger partial charge is 0.480 e. The molecule has 0 unspecified atom stereocenters. The molecule has 8 heteroatoms. The van der Waals surface area contributed by atoms with Crippen LogP contribution < -0.4 is 9.62 Å². The number of aryl methyl sites for hydroxylation is 1. The standard InChI is InChI=1S/C14H18N2O5S/c1-9(14(18)19)15-22(20,21)12-6-5-11-4-3-7-16(10(2)17)13(11)8-12/h5-6,8-9,15H,3-4,7H2,1-2H3,(H,18,19)/t9-/m1/s1. The number of aliphatic carboxylic acids is 1. The van der Waals surface area contributed by atoms with Gasteiger partial charge in [0.1, 0.15) is 6.04 Å². The number of anilines is 1. The van der Waals surface area contributed by atoms with Crippen LogP contribution in [0, 0.1) is 0 Å². The second-order valence-corrected chi connectivity index (χ2v) is 6.96. The molecule has 1 atom stereocenters. The molecule has 0 bridgehead atoms. The molecule has 2 N–H and O–H groups in total. The third kappa shape index (κ3) is 3.28. The van der Waals surface area contributed by atoms with Gasteiger partial charge in [0.2, 0.25) is 15.9 Å². The Balaban J connectivity index is 2.40. The Morgan fingerprint density at radius 3 is 2.64 bits per heavy atom. The Morgan fingerprint density at radius 1 is 1.36 bits per heavy atom. The Bertz CT molecular complexity index is 714. The maximum atomic E-state index is 12.2. The van der Waals surface area contributed by atoms with Gasteiger partial charge in [-0.3, -0.25) is 9.59 Å². The first-order valence-corrected chi connectivity index (χ1v) is 8.37. The van der Waals surface area contributed by atoms with Gasteiger partial charge in [-0.25, -0.2) is 8.42 Å². The molecule has 0 saturated carbocycles. The Hall–Kier alpha value is -1.93. The van der Waals surface area contributed by atoms with Crippen LogP contribution in [0.4, 0.5) is 5.69 Å². The van der Waals surface area contributed by atoms with Crippen molar-refractivity contribution in [1.82, 2.24) is 4.72 Å². The van der Waals surface area contributed by atoms with Crippen molar-refractivity contribution in [3.63, 3.8) is 0 Å². The van der Waals surface area contributed by atoms with Crippen molar-refractivity contribution >= 4 is 27.6 Å². The summed E-state index contributed by atoms with van der Waals surface area (Å²) in [5, 5.41) is 8.82. The molecule has 2 rings (SSSR count). The number of hydrogen-bond donors (Lipinski definition) is 2. The van der Waals surface area contributed by atoms with Crippen LogP contribution in [0.5, 0.6) is 0 Å². The number of nitrogens with one attached hydrogen (secondary N) is 1. The summed E-state index contributed by atoms with van der Waals surface area (Å²) in [6.45, 7) is 3.23. The molecule has 7 nitrogen and oxygen atoms in total. The quantitative estimate of drug-likeness (QED) is 0.849. The van der Waals surface area contributed by atoms with Crippen molar-refractivity contribution in [2.75, 3.05) is 11.4 Å². The van der Waals surface area contributed by atoms with Gasteiger partial charge in [-0.05, 0) is 37.5 Å². The summed E-state index contributed by atoms with van der Waals surface area (Å²) in [6, 6.07) is 3.29. The number of carbonyl (C=O) groups is 2. The summed E-state index contributed by atoms with van der Waals surface area (Å²) in [5.74, 6) is -1.41. The first-order valence-electron chi connectivity index (χ1n) is 6.88. The number of fused-ring (bicyclic) bond motifs is 1. The fraction of sp³-hybridized carbons (Fsp3) is 0.429. The van der Waals surface area contributed by atoms with E-state index >= 15 is 0 Å². The fourth-order valence-corrected chi connectivity index (χ4v) is 3.62. The minimum absolute atomic E-state index is 0.0486. The number of rotatable bonds is 4. The molecule has 1 aromatic rings. The monoisotopic (exact) mass is 326 g/mol. The lowest BCUT2D eigenvalue weighted by atomic mass is 10.0. The Kier molecular flexibility index (Phi) is 4.52. The topological polar surface area (TPSA) is 104 Å². The number of carboxylic acids is 1. The third-order valence-electron chi connectivity index (χ3n) is 3.57. The zero-order valence-corrected chi connectivity index (χ0v) is 13.2. The number of carbonyl (C=O) groups excluding carboxylic acids is 1. The van der Waals surface area contributed by atoms with Crippen molar-refractivity contribution in [2.45, 2.75) is 37.6 Å². The van der Waals surface area contributed by atoms with E-state index in [1.165, 1.54) is 26.0 Å². The molecule has 0 fully saturated rings. The van der Waals surface area contributed by atoms with Gasteiger partial charge in [0.05, 0.1) is 4.90 Å². The maximum Gasteiger partial charge on any atom is 0.321 e. The van der Waals surface area contributed by atoms with E-state index in [1.807, 2.05) is 0 Å². The van der Waals surface area contributed by atoms with E-state index in [-0.39, 0.29) is 10.8 Å². The van der Waals surface area contributed by atoms with E-state index in [0.29, 0.717) is 12.2 Å². The average Bonchev–Trinajstić information content (AvgIpc) is 2.45. The number of hydrogen-bond acceptors (Lipinski definition) is 4. The highest BCUT2D eigenvalue weighted by Gasteiger charge is 2.25. The molecule has 22 heavy (non-hydrogen) atoms. The zero-order valence-electron chi connectivity index (χ0n) is 12.4. The Morgan fingerprint density at radius 2 is 2.05 bits per heavy atom. The lowest BCUT2D eigenvalue weighted by molar-refractivity contribution is -0.138. The van der Waals surface area contributed by atoms with Crippen LogP contribution >= 0.6 is 0 Å². The van der Waals surface area contributed by atoms with Gasteiger partial charge in [-0.1, -0.05) is 6.07 Å². The lowest BCUT2D eigenvalue weighted by Crippen LogP contribution is -2.38. The molecule has 120 valence electrons. The van der Waals surface area contributed by atoms with Gasteiger partial charge < -0.3 is 10.0 Å². The van der Waals surface area contributed by atoms with Crippen molar-refractivity contribution in [1.29, 1.82) is 0 Å². The highest BCUT2D eigenvalue weighted by Crippen LogP contribution is 2.29. The first kappa shape index (κ1) is 16.4. The number of carboxylic acid groups (broad SMARTS) is 1. The molecule has 0 radical (unpaired) electrons. The van der Waals surface area contributed by atoms with Gasteiger partial charge >= 0.3 is 5.97 Å². The molecule has 1 heterocycles. The van der Waals surface area contributed by atoms with E-state index in [9.17, 15) is 18.0 Å². The molecule has 0 saturated heterocycles. The normalized spacial score (nSPS) is 16.0. The van der Waals surface area contributed by atoms with Crippen LogP contribution in [0.15, 0.2) is 23.1 Å². The fourth-order valence-electron chi connectivity index (χ4n) is 2.40. The van der Waals surface area contributed by atoms with Crippen molar-refractivity contribution in [2.24, 2.45) is 0 Å². The summed E-state index contributed by atoms with van der Waals surface area (Å²) in [7, 11) is -3.96. The molecule has 1 aliphatic heterocycles. The number of sulfonamides is 1. The smallest absolute Gasteiger partial charge is 0.321 e. The van der Waals surface area contributed by atoms with Gasteiger partial charge in [0.25, 0.3) is 0 Å². The van der Waals surface area contributed by atoms with E-state index in [0.717, 1.165) is 18.4 Å². The van der Waals surface area contributed by atoms with Crippen LogP contribution in [-0.2, 0) is 26.0 Å². The SMILES string of the molecule is CC(=O)N1CCCc2ccc(S(=O)(=O)N[C@H](C)C(=O)O)cc21. The molecular formula is C14H18N2O5S. The maximum absolute atomic E-state index is 12.2. The second kappa shape index (κ2) is 6.05. The highest BCUT2D eigenvalue weighted by molar-refractivity contribution is 7.89. The predicted octanol–water partition coefficient (Wildman–Crippen LogP) is 0.737. The van der Waals surface area contributed by atoms with E-state index in [2.05, 4.69) is 4.72 Å². The van der Waals surface area contributed by atoms with E-state index < -0.39 is 22.0 Å². The van der Waals surface area contributed by atoms with Gasteiger partial charge in [0, 0.05) is 19.2 Å². The molecule has 1 aliphatic rings. The summed E-state index contributed by atoms with van der Waals surface area (Å²) >= 11 is 0. The van der Waals surface area contributed by atoms with Crippen LogP contribution in [0.25, 0.3) is 0 Å². The lowest BCUT2D eigenvalue weighted by Gasteiger charge is -2.29. The number of amides is 1. The number of nitrogens with zero attached hydrogens (tertiary/aromatic N) is 1. The van der Waals surface area contributed by atoms with E-state index in [4.69, 9.17) is 5.11 Å². The number of benzene rings is 1. The summed E-state index contributed by atoms with van der Waals surface area (Å²) in [5.41, 5.74) is 1.48. The van der Waals surface area contributed by atoms with Gasteiger partial charge in [-0.15, -0.1) is 0 Å². The third-order valence-corrected chi connectivity index (χ3v) is 5.11. The van der Waals surface area contributed by atoms with Crippen LogP contribution in [0.3, 0.4) is 0 Å². The first-order chi connectivity index (χ1) is 10.2. The highest BCUT2D eigenvalue weighted by atomic mass is 32.2. The van der Waals surface area contributed by atoms with Crippen molar-refractivity contribution in [3.05, 3.63) is 23.8 Å². The van der Waals surface area contributed by atoms with Crippen LogP contribution in [0.2, 0.25) is 0 Å². The minimum atomic E-state index is -3.96. The molecule has 0 aromatic heterocycles. The predicted molar refractivity (Wildman–Crippen MR) is 80.2 cm³/mol. The van der Waals surface area contributed by atoms with Gasteiger partial charge in [-0.2, -0.15) is 4.72 Å². The van der Waals surface area contributed by atoms with Crippen molar-refractivity contribution < 1.29 is 23.1 Å². The summed E-state index contributed by atoms with van der Waals surface area (Å²) in [4.78, 5) is 24.0. The average molecular weight is 326 g/mol.